The molecule has 0 spiro atoms. The Morgan fingerprint density at radius 2 is 1.81 bits per heavy atom. The van der Waals surface area contributed by atoms with Crippen molar-refractivity contribution in [3.63, 3.8) is 0 Å². The Balaban J connectivity index is 1.82. The molecular formula is C23H19N5O4. The number of aromatic nitrogens is 2. The molecule has 0 aliphatic carbocycles. The molecular weight excluding hydrogens is 410 g/mol. The highest BCUT2D eigenvalue weighted by molar-refractivity contribution is 6.07. The lowest BCUT2D eigenvalue weighted by molar-refractivity contribution is -0.384. The maximum atomic E-state index is 12.9. The fourth-order valence-electron chi connectivity index (χ4n) is 3.02. The molecule has 1 N–H and O–H groups in total. The number of rotatable bonds is 6. The first-order chi connectivity index (χ1) is 15.3. The van der Waals surface area contributed by atoms with Crippen LogP contribution in [0.1, 0.15) is 11.3 Å². The number of allylic oxidation sites excluding steroid dienone is 2. The lowest BCUT2D eigenvalue weighted by atomic mass is 10.1. The van der Waals surface area contributed by atoms with Crippen molar-refractivity contribution in [1.29, 1.82) is 5.26 Å². The number of hydrogen-bond donors (Lipinski definition) is 1. The Morgan fingerprint density at radius 1 is 1.16 bits per heavy atom. The first-order valence-corrected chi connectivity index (χ1v) is 9.51. The smallest absolute Gasteiger partial charge is 0.295 e. The standard InChI is InChI=1S/C23H19N5O4/c1-16-21(23(30)27(26(16)2)19-9-4-3-5-10-19)25-22(29)18(15-24)8-6-7-17-11-13-20(14-12-17)28(31)32/h3-14H,1-2H3,(H,25,29)/b7-6+,18-8+. The zero-order valence-electron chi connectivity index (χ0n) is 17.4. The predicted octanol–water partition coefficient (Wildman–Crippen LogP) is 3.49. The monoisotopic (exact) mass is 429 g/mol. The first-order valence-electron chi connectivity index (χ1n) is 9.51. The summed E-state index contributed by atoms with van der Waals surface area (Å²) in [7, 11) is 1.70. The lowest BCUT2D eigenvalue weighted by Crippen LogP contribution is -2.23. The molecule has 0 saturated carbocycles. The van der Waals surface area contributed by atoms with Gasteiger partial charge < -0.3 is 5.32 Å². The van der Waals surface area contributed by atoms with E-state index in [0.717, 1.165) is 0 Å². The van der Waals surface area contributed by atoms with Crippen LogP contribution in [0.25, 0.3) is 11.8 Å². The molecule has 0 aliphatic heterocycles. The molecule has 9 heteroatoms. The fraction of sp³-hybridized carbons (Fsp3) is 0.0870. The number of amides is 1. The van der Waals surface area contributed by atoms with Gasteiger partial charge in [-0.25, -0.2) is 4.68 Å². The van der Waals surface area contributed by atoms with Crippen molar-refractivity contribution in [3.8, 4) is 11.8 Å². The van der Waals surface area contributed by atoms with Crippen molar-refractivity contribution in [2.45, 2.75) is 6.92 Å². The van der Waals surface area contributed by atoms with Crippen LogP contribution >= 0.6 is 0 Å². The van der Waals surface area contributed by atoms with Gasteiger partial charge in [0.1, 0.15) is 17.3 Å². The quantitative estimate of drug-likeness (QED) is 0.211. The maximum Gasteiger partial charge on any atom is 0.295 e. The van der Waals surface area contributed by atoms with Gasteiger partial charge in [0.15, 0.2) is 0 Å². The van der Waals surface area contributed by atoms with Crippen LogP contribution in [0.2, 0.25) is 0 Å². The molecule has 1 aromatic heterocycles. The third-order valence-corrected chi connectivity index (χ3v) is 4.81. The molecule has 3 rings (SSSR count). The number of hydrogen-bond acceptors (Lipinski definition) is 5. The third-order valence-electron chi connectivity index (χ3n) is 4.81. The summed E-state index contributed by atoms with van der Waals surface area (Å²) in [4.78, 5) is 35.7. The van der Waals surface area contributed by atoms with Gasteiger partial charge >= 0.3 is 0 Å². The van der Waals surface area contributed by atoms with Crippen LogP contribution in [0.4, 0.5) is 11.4 Å². The number of benzene rings is 2. The van der Waals surface area contributed by atoms with Crippen molar-refractivity contribution in [3.05, 3.63) is 104 Å². The van der Waals surface area contributed by atoms with E-state index in [-0.39, 0.29) is 16.9 Å². The van der Waals surface area contributed by atoms with Crippen molar-refractivity contribution < 1.29 is 9.72 Å². The van der Waals surface area contributed by atoms with E-state index in [2.05, 4.69) is 5.32 Å². The van der Waals surface area contributed by atoms with Gasteiger partial charge in [-0.3, -0.25) is 24.4 Å². The molecule has 160 valence electrons. The molecule has 9 nitrogen and oxygen atoms in total. The van der Waals surface area contributed by atoms with Crippen LogP contribution in [0.3, 0.4) is 0 Å². The Bertz CT molecular complexity index is 1320. The molecule has 3 aromatic rings. The van der Waals surface area contributed by atoms with Crippen molar-refractivity contribution in [2.75, 3.05) is 5.32 Å². The van der Waals surface area contributed by atoms with Crippen molar-refractivity contribution in [2.24, 2.45) is 7.05 Å². The maximum absolute atomic E-state index is 12.9. The van der Waals surface area contributed by atoms with E-state index in [1.165, 1.54) is 29.0 Å². The minimum absolute atomic E-state index is 0.0332. The SMILES string of the molecule is Cc1c(NC(=O)/C(C#N)=C/C=C/c2ccc([N+](=O)[O-])cc2)c(=O)n(-c2ccccc2)n1C. The van der Waals surface area contributed by atoms with Crippen LogP contribution in [0, 0.1) is 28.4 Å². The molecule has 1 amide bonds. The lowest BCUT2D eigenvalue weighted by Gasteiger charge is -2.07. The zero-order chi connectivity index (χ0) is 23.3. The molecule has 0 fully saturated rings. The summed E-state index contributed by atoms with van der Waals surface area (Å²) < 4.78 is 3.05. The van der Waals surface area contributed by atoms with Gasteiger partial charge in [0.25, 0.3) is 17.2 Å². The first kappa shape index (κ1) is 22.0. The average Bonchev–Trinajstić information content (AvgIpc) is 3.00. The second-order valence-electron chi connectivity index (χ2n) is 6.79. The summed E-state index contributed by atoms with van der Waals surface area (Å²) in [5, 5.41) is 22.6. The summed E-state index contributed by atoms with van der Waals surface area (Å²) in [6.45, 7) is 1.70. The number of carbonyl (C=O) groups excluding carboxylic acids is 1. The molecule has 0 saturated heterocycles. The van der Waals surface area contributed by atoms with E-state index < -0.39 is 16.4 Å². The van der Waals surface area contributed by atoms with Gasteiger partial charge in [0.2, 0.25) is 0 Å². The average molecular weight is 429 g/mol. The van der Waals surface area contributed by atoms with E-state index in [1.54, 1.807) is 61.1 Å². The highest BCUT2D eigenvalue weighted by Gasteiger charge is 2.19. The number of nitro benzene ring substituents is 1. The van der Waals surface area contributed by atoms with Gasteiger partial charge in [-0.2, -0.15) is 5.26 Å². The van der Waals surface area contributed by atoms with Crippen LogP contribution in [-0.2, 0) is 11.8 Å². The Hall–Kier alpha value is -4.71. The molecule has 32 heavy (non-hydrogen) atoms. The second-order valence-corrected chi connectivity index (χ2v) is 6.79. The van der Waals surface area contributed by atoms with Crippen LogP contribution in [-0.4, -0.2) is 20.2 Å². The van der Waals surface area contributed by atoms with Gasteiger partial charge in [0.05, 0.1) is 16.3 Å². The fourth-order valence-corrected chi connectivity index (χ4v) is 3.02. The van der Waals surface area contributed by atoms with Gasteiger partial charge in [-0.05, 0) is 42.8 Å². The number of para-hydroxylation sites is 1. The number of nitrogens with one attached hydrogen (secondary N) is 1. The van der Waals surface area contributed by atoms with E-state index in [0.29, 0.717) is 16.9 Å². The second kappa shape index (κ2) is 9.40. The number of carbonyl (C=O) groups is 1. The van der Waals surface area contributed by atoms with Gasteiger partial charge in [0, 0.05) is 19.2 Å². The minimum atomic E-state index is -0.716. The molecule has 0 bridgehead atoms. The third kappa shape index (κ3) is 4.55. The zero-order valence-corrected chi connectivity index (χ0v) is 17.4. The topological polar surface area (TPSA) is 123 Å². The normalized spacial score (nSPS) is 11.3. The highest BCUT2D eigenvalue weighted by atomic mass is 16.6. The summed E-state index contributed by atoms with van der Waals surface area (Å²) in [5.41, 5.74) is 1.28. The van der Waals surface area contributed by atoms with Crippen molar-refractivity contribution in [1.82, 2.24) is 9.36 Å². The molecule has 0 aliphatic rings. The van der Waals surface area contributed by atoms with E-state index >= 15 is 0 Å². The largest absolute Gasteiger partial charge is 0.315 e. The van der Waals surface area contributed by atoms with Gasteiger partial charge in [-0.15, -0.1) is 0 Å². The van der Waals surface area contributed by atoms with Crippen LogP contribution in [0.5, 0.6) is 0 Å². The molecule has 0 unspecified atom stereocenters. The molecule has 1 heterocycles. The number of nitriles is 1. The summed E-state index contributed by atoms with van der Waals surface area (Å²) in [6.07, 6.45) is 4.40. The number of anilines is 1. The van der Waals surface area contributed by atoms with Crippen molar-refractivity contribution >= 4 is 23.4 Å². The Labute approximate surface area is 183 Å². The number of nitro groups is 1. The van der Waals surface area contributed by atoms with E-state index in [1.807, 2.05) is 12.1 Å². The van der Waals surface area contributed by atoms with Crippen LogP contribution < -0.4 is 10.9 Å². The summed E-state index contributed by atoms with van der Waals surface area (Å²) >= 11 is 0. The van der Waals surface area contributed by atoms with Gasteiger partial charge in [-0.1, -0.05) is 30.4 Å². The molecule has 2 aromatic carbocycles. The number of non-ortho nitro benzene ring substituents is 1. The minimum Gasteiger partial charge on any atom is -0.315 e. The number of nitrogens with zero attached hydrogens (tertiary/aromatic N) is 4. The predicted molar refractivity (Wildman–Crippen MR) is 120 cm³/mol. The van der Waals surface area contributed by atoms with Crippen LogP contribution in [0.15, 0.2) is 77.1 Å². The Kier molecular flexibility index (Phi) is 6.46. The molecule has 0 atom stereocenters. The summed E-state index contributed by atoms with van der Waals surface area (Å²) in [5.74, 6) is -0.716. The molecule has 0 radical (unpaired) electrons. The summed E-state index contributed by atoms with van der Waals surface area (Å²) in [6, 6.07) is 16.6. The highest BCUT2D eigenvalue weighted by Crippen LogP contribution is 2.15. The Morgan fingerprint density at radius 3 is 2.41 bits per heavy atom. The van der Waals surface area contributed by atoms with E-state index in [9.17, 15) is 25.0 Å². The van der Waals surface area contributed by atoms with E-state index in [4.69, 9.17) is 0 Å².